The molecule has 1 unspecified atom stereocenters. The van der Waals surface area contributed by atoms with E-state index in [1.807, 2.05) is 0 Å². The SMILES string of the molecule is NC(=O)[C@@H]1CCC[N+]1(C(=O)[C@@H](N)Cc1cnc[nH]1)C(=O)[C@H]1Cc2ccccc2C(=O)N1. The number of imidazole rings is 1. The first-order chi connectivity index (χ1) is 14.8. The van der Waals surface area contributed by atoms with Gasteiger partial charge in [0.25, 0.3) is 11.8 Å². The smallest absolute Gasteiger partial charge is 0.344 e. The van der Waals surface area contributed by atoms with Gasteiger partial charge in [0.2, 0.25) is 0 Å². The zero-order valence-electron chi connectivity index (χ0n) is 16.9. The van der Waals surface area contributed by atoms with Crippen LogP contribution >= 0.6 is 0 Å². The summed E-state index contributed by atoms with van der Waals surface area (Å²) in [5.74, 6) is -2.24. The van der Waals surface area contributed by atoms with E-state index in [0.29, 0.717) is 29.7 Å². The minimum Gasteiger partial charge on any atom is -0.364 e. The minimum absolute atomic E-state index is 0.121. The van der Waals surface area contributed by atoms with Crippen LogP contribution in [0.1, 0.15) is 34.5 Å². The van der Waals surface area contributed by atoms with Gasteiger partial charge in [0.15, 0.2) is 6.04 Å². The Morgan fingerprint density at radius 2 is 2.03 bits per heavy atom. The molecule has 4 amide bonds. The lowest BCUT2D eigenvalue weighted by Gasteiger charge is -2.38. The van der Waals surface area contributed by atoms with E-state index in [-0.39, 0.29) is 25.3 Å². The summed E-state index contributed by atoms with van der Waals surface area (Å²) < 4.78 is -0.766. The van der Waals surface area contributed by atoms with Crippen molar-refractivity contribution in [2.24, 2.45) is 11.5 Å². The second kappa shape index (κ2) is 8.05. The highest BCUT2D eigenvalue weighted by atomic mass is 16.2. The molecule has 6 N–H and O–H groups in total. The number of rotatable bonds is 5. The summed E-state index contributed by atoms with van der Waals surface area (Å²) in [6.45, 7) is 0.121. The maximum atomic E-state index is 13.8. The highest BCUT2D eigenvalue weighted by molar-refractivity contribution is 6.02. The van der Waals surface area contributed by atoms with Crippen LogP contribution in [0.15, 0.2) is 36.8 Å². The van der Waals surface area contributed by atoms with Crippen molar-refractivity contribution < 1.29 is 23.7 Å². The molecule has 0 saturated carbocycles. The average molecular weight is 425 g/mol. The number of carbonyl (C=O) groups excluding carboxylic acids is 4. The molecular weight excluding hydrogens is 400 g/mol. The molecular formula is C21H25N6O4+. The Hall–Kier alpha value is -3.37. The van der Waals surface area contributed by atoms with Crippen LogP contribution in [0.25, 0.3) is 0 Å². The van der Waals surface area contributed by atoms with Gasteiger partial charge in [-0.25, -0.2) is 14.6 Å². The monoisotopic (exact) mass is 425 g/mol. The number of quaternary nitrogens is 1. The lowest BCUT2D eigenvalue weighted by Crippen LogP contribution is -2.71. The van der Waals surface area contributed by atoms with Gasteiger partial charge in [-0.05, 0) is 11.6 Å². The molecule has 1 aromatic heterocycles. The predicted octanol–water partition coefficient (Wildman–Crippen LogP) is -0.848. The van der Waals surface area contributed by atoms with Gasteiger partial charge < -0.3 is 21.8 Å². The molecule has 3 heterocycles. The Labute approximate surface area is 178 Å². The van der Waals surface area contributed by atoms with E-state index < -0.39 is 40.3 Å². The molecule has 1 saturated heterocycles. The molecule has 1 fully saturated rings. The van der Waals surface area contributed by atoms with Gasteiger partial charge in [-0.2, -0.15) is 4.48 Å². The van der Waals surface area contributed by atoms with Gasteiger partial charge in [0.05, 0.1) is 12.9 Å². The van der Waals surface area contributed by atoms with Crippen molar-refractivity contribution in [1.29, 1.82) is 0 Å². The number of nitrogens with two attached hydrogens (primary N) is 2. The molecule has 0 radical (unpaired) electrons. The average Bonchev–Trinajstić information content (AvgIpc) is 3.43. The number of aromatic nitrogens is 2. The Kier molecular flexibility index (Phi) is 5.42. The molecule has 2 aliphatic heterocycles. The Morgan fingerprint density at radius 1 is 1.26 bits per heavy atom. The highest BCUT2D eigenvalue weighted by Crippen LogP contribution is 2.32. The molecule has 31 heavy (non-hydrogen) atoms. The number of imide groups is 1. The summed E-state index contributed by atoms with van der Waals surface area (Å²) in [6.07, 6.45) is 4.17. The molecule has 162 valence electrons. The van der Waals surface area contributed by atoms with Crippen LogP contribution in [0, 0.1) is 0 Å². The standard InChI is InChI=1S/C21H24N6O4/c22-15(9-13-10-24-11-25-13)20(30)27(7-3-6-17(27)18(23)28)21(31)16-8-12-4-1-2-5-14(12)19(29)26-16/h1-2,4-5,10-11,15-17H,3,6-9,22H2,(H3-,23,24,25,26,28,29)/p+1/t15-,16+,17-,27?/m0/s1. The largest absolute Gasteiger partial charge is 0.364 e. The Bertz CT molecular complexity index is 1040. The summed E-state index contributed by atoms with van der Waals surface area (Å²) in [4.78, 5) is 59.0. The van der Waals surface area contributed by atoms with Crippen molar-refractivity contribution >= 4 is 23.6 Å². The molecule has 2 aromatic rings. The van der Waals surface area contributed by atoms with Crippen molar-refractivity contribution in [3.05, 3.63) is 53.6 Å². The number of hydrogen-bond acceptors (Lipinski definition) is 6. The maximum Gasteiger partial charge on any atom is 0.344 e. The molecule has 4 atom stereocenters. The lowest BCUT2D eigenvalue weighted by atomic mass is 9.93. The first kappa shape index (κ1) is 20.9. The molecule has 0 spiro atoms. The van der Waals surface area contributed by atoms with Gasteiger partial charge in [-0.15, -0.1) is 0 Å². The second-order valence-corrected chi connectivity index (χ2v) is 8.10. The zero-order valence-corrected chi connectivity index (χ0v) is 16.9. The Balaban J connectivity index is 1.68. The van der Waals surface area contributed by atoms with Gasteiger partial charge >= 0.3 is 11.8 Å². The van der Waals surface area contributed by atoms with E-state index in [1.54, 1.807) is 30.5 Å². The van der Waals surface area contributed by atoms with Crippen LogP contribution in [0.2, 0.25) is 0 Å². The molecule has 2 aliphatic rings. The lowest BCUT2D eigenvalue weighted by molar-refractivity contribution is -0.783. The number of nitrogens with one attached hydrogen (secondary N) is 2. The van der Waals surface area contributed by atoms with Crippen molar-refractivity contribution in [3.8, 4) is 0 Å². The number of benzene rings is 1. The fraction of sp³-hybridized carbons (Fsp3) is 0.381. The normalized spacial score (nSPS) is 26.0. The Morgan fingerprint density at radius 3 is 2.74 bits per heavy atom. The minimum atomic E-state index is -1.05. The molecule has 10 nitrogen and oxygen atoms in total. The number of hydrogen-bond donors (Lipinski definition) is 4. The molecule has 10 heteroatoms. The van der Waals surface area contributed by atoms with E-state index in [0.717, 1.165) is 0 Å². The molecule has 0 bridgehead atoms. The first-order valence-corrected chi connectivity index (χ1v) is 10.2. The van der Waals surface area contributed by atoms with E-state index in [4.69, 9.17) is 11.5 Å². The van der Waals surface area contributed by atoms with Crippen LogP contribution < -0.4 is 16.8 Å². The van der Waals surface area contributed by atoms with Crippen LogP contribution in [0.5, 0.6) is 0 Å². The first-order valence-electron chi connectivity index (χ1n) is 10.2. The summed E-state index contributed by atoms with van der Waals surface area (Å²) in [5.41, 5.74) is 13.7. The quantitative estimate of drug-likeness (QED) is 0.456. The zero-order chi connectivity index (χ0) is 22.2. The fourth-order valence-electron chi connectivity index (χ4n) is 4.78. The van der Waals surface area contributed by atoms with Crippen LogP contribution in [-0.2, 0) is 27.2 Å². The van der Waals surface area contributed by atoms with Crippen molar-refractivity contribution in [3.63, 3.8) is 0 Å². The van der Waals surface area contributed by atoms with Gasteiger partial charge in [0.1, 0.15) is 12.1 Å². The number of nitrogens with zero attached hydrogens (tertiary/aromatic N) is 2. The van der Waals surface area contributed by atoms with E-state index >= 15 is 0 Å². The summed E-state index contributed by atoms with van der Waals surface area (Å²) >= 11 is 0. The van der Waals surface area contributed by atoms with Gasteiger partial charge in [-0.1, -0.05) is 18.2 Å². The fourth-order valence-corrected chi connectivity index (χ4v) is 4.78. The summed E-state index contributed by atoms with van der Waals surface area (Å²) in [7, 11) is 0. The third-order valence-electron chi connectivity index (χ3n) is 6.24. The highest BCUT2D eigenvalue weighted by Gasteiger charge is 2.60. The maximum absolute atomic E-state index is 13.8. The van der Waals surface area contributed by atoms with Crippen LogP contribution in [0.3, 0.4) is 0 Å². The van der Waals surface area contributed by atoms with Gasteiger partial charge in [-0.3, -0.25) is 9.59 Å². The van der Waals surface area contributed by atoms with E-state index in [2.05, 4.69) is 15.3 Å². The number of aromatic amines is 1. The van der Waals surface area contributed by atoms with Crippen molar-refractivity contribution in [1.82, 2.24) is 15.3 Å². The van der Waals surface area contributed by atoms with E-state index in [9.17, 15) is 19.2 Å². The number of likely N-dealkylation sites (tertiary alicyclic amines) is 1. The molecule has 1 aromatic carbocycles. The summed E-state index contributed by atoms with van der Waals surface area (Å²) in [5, 5.41) is 2.71. The number of carbonyl (C=O) groups is 4. The van der Waals surface area contributed by atoms with Crippen LogP contribution in [0.4, 0.5) is 0 Å². The van der Waals surface area contributed by atoms with Crippen molar-refractivity contribution in [2.45, 2.75) is 43.8 Å². The molecule has 4 rings (SSSR count). The predicted molar refractivity (Wildman–Crippen MR) is 109 cm³/mol. The van der Waals surface area contributed by atoms with Gasteiger partial charge in [0, 0.05) is 43.1 Å². The topological polar surface area (TPSA) is 161 Å². The number of amides is 4. The molecule has 0 aliphatic carbocycles. The van der Waals surface area contributed by atoms with Crippen LogP contribution in [-0.4, -0.2) is 62.7 Å². The third kappa shape index (κ3) is 3.53. The summed E-state index contributed by atoms with van der Waals surface area (Å²) in [6, 6.07) is 3.99. The second-order valence-electron chi connectivity index (χ2n) is 8.10. The number of H-pyrrole nitrogens is 1. The third-order valence-corrected chi connectivity index (χ3v) is 6.24. The van der Waals surface area contributed by atoms with Crippen molar-refractivity contribution in [2.75, 3.05) is 6.54 Å². The number of primary amides is 1. The number of fused-ring (bicyclic) bond motifs is 1. The van der Waals surface area contributed by atoms with E-state index in [1.165, 1.54) is 6.33 Å².